The third-order valence-electron chi connectivity index (χ3n) is 6.09. The van der Waals surface area contributed by atoms with Crippen LogP contribution in [0.15, 0.2) is 66.9 Å². The highest BCUT2D eigenvalue weighted by molar-refractivity contribution is 5.83. The van der Waals surface area contributed by atoms with Crippen molar-refractivity contribution in [2.45, 2.75) is 20.4 Å². The van der Waals surface area contributed by atoms with Gasteiger partial charge in [0.15, 0.2) is 0 Å². The number of fused-ring (bicyclic) bond motifs is 1. The van der Waals surface area contributed by atoms with Crippen molar-refractivity contribution in [1.82, 2.24) is 19.4 Å². The fourth-order valence-corrected chi connectivity index (χ4v) is 4.24. The Morgan fingerprint density at radius 3 is 2.48 bits per heavy atom. The third-order valence-corrected chi connectivity index (χ3v) is 6.09. The number of nitrogens with zero attached hydrogens (tertiary/aromatic N) is 5. The molecule has 1 amide bonds. The maximum atomic E-state index is 12.9. The summed E-state index contributed by atoms with van der Waals surface area (Å²) in [6.07, 6.45) is 1.99. The quantitative estimate of drug-likeness (QED) is 0.505. The number of anilines is 3. The Balaban J connectivity index is 1.23. The first-order chi connectivity index (χ1) is 16.0. The van der Waals surface area contributed by atoms with E-state index in [0.717, 1.165) is 41.2 Å². The van der Waals surface area contributed by atoms with Crippen LogP contribution < -0.4 is 10.2 Å². The molecule has 7 nitrogen and oxygen atoms in total. The van der Waals surface area contributed by atoms with Crippen molar-refractivity contribution in [3.05, 3.63) is 78.1 Å². The lowest BCUT2D eigenvalue weighted by Gasteiger charge is -2.35. The van der Waals surface area contributed by atoms with Gasteiger partial charge in [-0.3, -0.25) is 4.79 Å². The molecule has 0 unspecified atom stereocenters. The van der Waals surface area contributed by atoms with Crippen LogP contribution >= 0.6 is 0 Å². The molecule has 4 aromatic rings. The second-order valence-corrected chi connectivity index (χ2v) is 8.55. The van der Waals surface area contributed by atoms with Gasteiger partial charge in [-0.15, -0.1) is 0 Å². The van der Waals surface area contributed by atoms with E-state index in [2.05, 4.69) is 52.5 Å². The summed E-state index contributed by atoms with van der Waals surface area (Å²) in [4.78, 5) is 26.4. The van der Waals surface area contributed by atoms with Gasteiger partial charge in [0.25, 0.3) is 0 Å². The van der Waals surface area contributed by atoms with E-state index in [9.17, 15) is 4.79 Å². The van der Waals surface area contributed by atoms with Crippen LogP contribution in [-0.4, -0.2) is 51.5 Å². The van der Waals surface area contributed by atoms with Crippen molar-refractivity contribution in [3.8, 4) is 0 Å². The van der Waals surface area contributed by atoms with Crippen molar-refractivity contribution < 1.29 is 4.79 Å². The zero-order valence-electron chi connectivity index (χ0n) is 19.0. The molecule has 0 radical (unpaired) electrons. The lowest BCUT2D eigenvalue weighted by molar-refractivity contribution is -0.132. The molecule has 0 bridgehead atoms. The van der Waals surface area contributed by atoms with E-state index in [0.29, 0.717) is 25.6 Å². The van der Waals surface area contributed by atoms with Crippen LogP contribution in [-0.2, 0) is 11.3 Å². The van der Waals surface area contributed by atoms with Crippen molar-refractivity contribution in [2.75, 3.05) is 36.4 Å². The summed E-state index contributed by atoms with van der Waals surface area (Å²) in [6.45, 7) is 7.27. The molecule has 1 saturated heterocycles. The van der Waals surface area contributed by atoms with Gasteiger partial charge in [-0.25, -0.2) is 4.98 Å². The normalized spacial score (nSPS) is 14.0. The number of aryl methyl sites for hydroxylation is 2. The average Bonchev–Trinajstić information content (AvgIpc) is 3.23. The van der Waals surface area contributed by atoms with E-state index in [-0.39, 0.29) is 5.91 Å². The first kappa shape index (κ1) is 21.0. The lowest BCUT2D eigenvalue weighted by Crippen LogP contribution is -2.49. The molecule has 0 atom stereocenters. The minimum absolute atomic E-state index is 0.150. The molecule has 33 heavy (non-hydrogen) atoms. The van der Waals surface area contributed by atoms with Gasteiger partial charge in [0, 0.05) is 55.3 Å². The van der Waals surface area contributed by atoms with Gasteiger partial charge >= 0.3 is 0 Å². The van der Waals surface area contributed by atoms with Crippen LogP contribution in [0.3, 0.4) is 0 Å². The molecule has 2 aromatic carbocycles. The van der Waals surface area contributed by atoms with Crippen molar-refractivity contribution in [2.24, 2.45) is 0 Å². The second kappa shape index (κ2) is 8.94. The van der Waals surface area contributed by atoms with E-state index in [1.54, 1.807) is 0 Å². The first-order valence-corrected chi connectivity index (χ1v) is 11.3. The molecule has 0 spiro atoms. The van der Waals surface area contributed by atoms with Gasteiger partial charge in [-0.2, -0.15) is 4.98 Å². The fraction of sp³-hybridized carbons (Fsp3) is 0.269. The Hall–Kier alpha value is -3.87. The largest absolute Gasteiger partial charge is 0.353 e. The van der Waals surface area contributed by atoms with Crippen molar-refractivity contribution >= 4 is 34.3 Å². The molecule has 0 saturated carbocycles. The van der Waals surface area contributed by atoms with Crippen LogP contribution in [0.4, 0.5) is 17.5 Å². The maximum Gasteiger partial charge on any atom is 0.242 e. The molecule has 2 aromatic heterocycles. The highest BCUT2D eigenvalue weighted by Crippen LogP contribution is 2.21. The molecule has 168 valence electrons. The lowest BCUT2D eigenvalue weighted by atomic mass is 10.2. The highest BCUT2D eigenvalue weighted by atomic mass is 16.2. The second-order valence-electron chi connectivity index (χ2n) is 8.55. The molecule has 1 fully saturated rings. The summed E-state index contributed by atoms with van der Waals surface area (Å²) in [5.74, 6) is 1.63. The molecule has 1 aliphatic rings. The van der Waals surface area contributed by atoms with Gasteiger partial charge in [0.2, 0.25) is 11.9 Å². The smallest absolute Gasteiger partial charge is 0.242 e. The Kier molecular flexibility index (Phi) is 5.69. The number of piperazine rings is 1. The molecular weight excluding hydrogens is 412 g/mol. The monoisotopic (exact) mass is 440 g/mol. The van der Waals surface area contributed by atoms with E-state index in [1.807, 2.05) is 52.9 Å². The van der Waals surface area contributed by atoms with Gasteiger partial charge < -0.3 is 19.7 Å². The topological polar surface area (TPSA) is 66.3 Å². The first-order valence-electron chi connectivity index (χ1n) is 11.3. The molecule has 3 heterocycles. The van der Waals surface area contributed by atoms with E-state index >= 15 is 0 Å². The summed E-state index contributed by atoms with van der Waals surface area (Å²) in [6, 6.07) is 20.4. The number of amides is 1. The Labute approximate surface area is 193 Å². The summed E-state index contributed by atoms with van der Waals surface area (Å²) in [5.41, 5.74) is 4.18. The Morgan fingerprint density at radius 2 is 1.70 bits per heavy atom. The van der Waals surface area contributed by atoms with Crippen LogP contribution in [0.1, 0.15) is 11.3 Å². The Morgan fingerprint density at radius 1 is 0.939 bits per heavy atom. The summed E-state index contributed by atoms with van der Waals surface area (Å²) in [5, 5.41) is 4.46. The number of nitrogens with one attached hydrogen (secondary N) is 1. The van der Waals surface area contributed by atoms with Crippen LogP contribution in [0.25, 0.3) is 10.9 Å². The number of rotatable bonds is 5. The number of benzene rings is 2. The van der Waals surface area contributed by atoms with Gasteiger partial charge in [0.05, 0.1) is 0 Å². The number of para-hydroxylation sites is 1. The third kappa shape index (κ3) is 4.67. The summed E-state index contributed by atoms with van der Waals surface area (Å²) in [7, 11) is 0. The van der Waals surface area contributed by atoms with Crippen LogP contribution in [0.2, 0.25) is 0 Å². The Bertz CT molecular complexity index is 1270. The fourth-order valence-electron chi connectivity index (χ4n) is 4.24. The van der Waals surface area contributed by atoms with E-state index in [4.69, 9.17) is 4.98 Å². The summed E-state index contributed by atoms with van der Waals surface area (Å²) >= 11 is 0. The van der Waals surface area contributed by atoms with Gasteiger partial charge in [0.1, 0.15) is 12.4 Å². The van der Waals surface area contributed by atoms with Crippen molar-refractivity contribution in [1.29, 1.82) is 0 Å². The minimum Gasteiger partial charge on any atom is -0.353 e. The predicted octanol–water partition coefficient (Wildman–Crippen LogP) is 4.14. The molecule has 0 aliphatic carbocycles. The average molecular weight is 441 g/mol. The molecular formula is C26H28N6O. The summed E-state index contributed by atoms with van der Waals surface area (Å²) < 4.78 is 2.03. The number of carbonyl (C=O) groups is 1. The predicted molar refractivity (Wildman–Crippen MR) is 132 cm³/mol. The molecule has 5 rings (SSSR count). The maximum absolute atomic E-state index is 12.9. The number of hydrogen-bond donors (Lipinski definition) is 1. The zero-order valence-corrected chi connectivity index (χ0v) is 19.0. The SMILES string of the molecule is Cc1ccc(Nc2nc(C)cc(N3CCN(C(=O)Cn4ccc5ccccc54)CC3)n2)cc1. The molecule has 1 aliphatic heterocycles. The van der Waals surface area contributed by atoms with Crippen LogP contribution in [0.5, 0.6) is 0 Å². The number of hydrogen-bond acceptors (Lipinski definition) is 5. The molecule has 1 N–H and O–H groups in total. The number of aromatic nitrogens is 3. The van der Waals surface area contributed by atoms with E-state index < -0.39 is 0 Å². The van der Waals surface area contributed by atoms with Crippen molar-refractivity contribution in [3.63, 3.8) is 0 Å². The van der Waals surface area contributed by atoms with Crippen LogP contribution in [0, 0.1) is 13.8 Å². The van der Waals surface area contributed by atoms with Gasteiger partial charge in [-0.1, -0.05) is 35.9 Å². The van der Waals surface area contributed by atoms with Gasteiger partial charge in [-0.05, 0) is 43.5 Å². The minimum atomic E-state index is 0.150. The highest BCUT2D eigenvalue weighted by Gasteiger charge is 2.23. The zero-order chi connectivity index (χ0) is 22.8. The van der Waals surface area contributed by atoms with E-state index in [1.165, 1.54) is 5.56 Å². The molecule has 7 heteroatoms. The number of carbonyl (C=O) groups excluding carboxylic acids is 1. The standard InChI is InChI=1S/C26H28N6O/c1-19-7-9-22(10-8-19)28-26-27-20(2)17-24(29-26)30-13-15-31(16-14-30)25(33)18-32-12-11-21-5-3-4-6-23(21)32/h3-12,17H,13-16,18H2,1-2H3,(H,27,28,29).